The molecular weight excluding hydrogens is 304 g/mol. The predicted octanol–water partition coefficient (Wildman–Crippen LogP) is 3.92. The lowest BCUT2D eigenvalue weighted by molar-refractivity contribution is 0.444. The number of nitrogens with two attached hydrogens (primary N) is 1. The van der Waals surface area contributed by atoms with Crippen molar-refractivity contribution < 1.29 is 0 Å². The summed E-state index contributed by atoms with van der Waals surface area (Å²) in [7, 11) is 0. The van der Waals surface area contributed by atoms with Gasteiger partial charge >= 0.3 is 0 Å². The first-order chi connectivity index (χ1) is 9.15. The number of nitrogen functional groups attached to an aromatic ring is 1. The number of halogens is 1. The lowest BCUT2D eigenvalue weighted by Crippen LogP contribution is -2.12. The molecule has 5 heteroatoms. The molecule has 4 nitrogen and oxygen atoms in total. The molecule has 19 heavy (non-hydrogen) atoms. The van der Waals surface area contributed by atoms with E-state index in [0.717, 1.165) is 21.6 Å². The summed E-state index contributed by atoms with van der Waals surface area (Å²) < 4.78 is 3.08. The standard InChI is InChI=1S/C14H19BrN4/c1-9-3-2-4-11(6-5-9)19-13-12(18-14(19)16)7-10(15)8-17-13/h7-9,11H,2-6H2,1H3,(H2,16,18). The molecular formula is C14H19BrN4. The van der Waals surface area contributed by atoms with Crippen molar-refractivity contribution in [2.24, 2.45) is 5.92 Å². The maximum Gasteiger partial charge on any atom is 0.202 e. The molecule has 2 unspecified atom stereocenters. The van der Waals surface area contributed by atoms with E-state index >= 15 is 0 Å². The largest absolute Gasteiger partial charge is 0.369 e. The first-order valence-corrected chi connectivity index (χ1v) is 7.73. The molecule has 0 radical (unpaired) electrons. The normalized spacial score (nSPS) is 24.5. The third-order valence-electron chi connectivity index (χ3n) is 4.12. The van der Waals surface area contributed by atoms with Gasteiger partial charge in [-0.15, -0.1) is 0 Å². The number of hydrogen-bond donors (Lipinski definition) is 1. The minimum atomic E-state index is 0.448. The van der Waals surface area contributed by atoms with Crippen molar-refractivity contribution in [3.05, 3.63) is 16.7 Å². The van der Waals surface area contributed by atoms with Gasteiger partial charge in [0, 0.05) is 16.7 Å². The number of fused-ring (bicyclic) bond motifs is 1. The van der Waals surface area contributed by atoms with Crippen molar-refractivity contribution in [1.82, 2.24) is 14.5 Å². The van der Waals surface area contributed by atoms with Gasteiger partial charge in [-0.1, -0.05) is 19.8 Å². The van der Waals surface area contributed by atoms with Gasteiger partial charge in [-0.25, -0.2) is 9.97 Å². The minimum Gasteiger partial charge on any atom is -0.369 e. The first-order valence-electron chi connectivity index (χ1n) is 6.94. The third kappa shape index (κ3) is 2.48. The van der Waals surface area contributed by atoms with Gasteiger partial charge in [0.2, 0.25) is 5.95 Å². The van der Waals surface area contributed by atoms with Crippen LogP contribution in [0.3, 0.4) is 0 Å². The van der Waals surface area contributed by atoms with E-state index in [9.17, 15) is 0 Å². The zero-order valence-electron chi connectivity index (χ0n) is 11.1. The summed E-state index contributed by atoms with van der Waals surface area (Å²) in [6.07, 6.45) is 8.02. The Hall–Kier alpha value is -1.10. The van der Waals surface area contributed by atoms with Crippen LogP contribution in [0.5, 0.6) is 0 Å². The Morgan fingerprint density at radius 3 is 3.00 bits per heavy atom. The number of hydrogen-bond acceptors (Lipinski definition) is 3. The molecule has 2 aromatic heterocycles. The van der Waals surface area contributed by atoms with Gasteiger partial charge in [-0.3, -0.25) is 4.57 Å². The second kappa shape index (κ2) is 5.12. The number of pyridine rings is 1. The van der Waals surface area contributed by atoms with Gasteiger partial charge in [0.25, 0.3) is 0 Å². The first kappa shape index (κ1) is 12.9. The average Bonchev–Trinajstić information content (AvgIpc) is 2.54. The summed E-state index contributed by atoms with van der Waals surface area (Å²) in [4.78, 5) is 8.95. The van der Waals surface area contributed by atoms with Crippen LogP contribution < -0.4 is 5.73 Å². The van der Waals surface area contributed by atoms with Gasteiger partial charge in [0.1, 0.15) is 5.52 Å². The van der Waals surface area contributed by atoms with Crippen molar-refractivity contribution in [3.63, 3.8) is 0 Å². The molecule has 0 spiro atoms. The minimum absolute atomic E-state index is 0.448. The van der Waals surface area contributed by atoms with E-state index in [0.29, 0.717) is 12.0 Å². The van der Waals surface area contributed by atoms with Crippen molar-refractivity contribution >= 4 is 33.0 Å². The summed E-state index contributed by atoms with van der Waals surface area (Å²) in [6, 6.07) is 2.43. The Morgan fingerprint density at radius 1 is 1.32 bits per heavy atom. The maximum atomic E-state index is 6.12. The fraction of sp³-hybridized carbons (Fsp3) is 0.571. The summed E-state index contributed by atoms with van der Waals surface area (Å²) in [6.45, 7) is 2.34. The van der Waals surface area contributed by atoms with Crippen LogP contribution in [-0.2, 0) is 0 Å². The van der Waals surface area contributed by atoms with Crippen molar-refractivity contribution in [1.29, 1.82) is 0 Å². The Balaban J connectivity index is 2.01. The van der Waals surface area contributed by atoms with E-state index in [1.807, 2.05) is 12.3 Å². The van der Waals surface area contributed by atoms with Crippen LogP contribution in [0.1, 0.15) is 45.1 Å². The zero-order chi connectivity index (χ0) is 13.4. The Labute approximate surface area is 121 Å². The van der Waals surface area contributed by atoms with Gasteiger partial charge in [-0.2, -0.15) is 0 Å². The van der Waals surface area contributed by atoms with Crippen LogP contribution in [0.2, 0.25) is 0 Å². The maximum absolute atomic E-state index is 6.12. The lowest BCUT2D eigenvalue weighted by Gasteiger charge is -2.18. The quantitative estimate of drug-likeness (QED) is 0.809. The van der Waals surface area contributed by atoms with Gasteiger partial charge in [0.05, 0.1) is 0 Å². The van der Waals surface area contributed by atoms with E-state index in [1.54, 1.807) is 0 Å². The molecule has 102 valence electrons. The van der Waals surface area contributed by atoms with Gasteiger partial charge < -0.3 is 5.73 Å². The molecule has 0 bridgehead atoms. The predicted molar refractivity (Wildman–Crippen MR) is 80.9 cm³/mol. The number of aromatic nitrogens is 3. The highest BCUT2D eigenvalue weighted by Crippen LogP contribution is 2.34. The Kier molecular flexibility index (Phi) is 3.48. The Bertz CT molecular complexity index is 592. The van der Waals surface area contributed by atoms with E-state index in [-0.39, 0.29) is 0 Å². The van der Waals surface area contributed by atoms with Crippen molar-refractivity contribution in [2.75, 3.05) is 5.73 Å². The lowest BCUT2D eigenvalue weighted by atomic mass is 10.0. The molecule has 1 fully saturated rings. The molecule has 0 aliphatic heterocycles. The van der Waals surface area contributed by atoms with Crippen LogP contribution in [-0.4, -0.2) is 14.5 Å². The SMILES string of the molecule is CC1CCCC(n2c(N)nc3cc(Br)cnc32)CC1. The van der Waals surface area contributed by atoms with Crippen LogP contribution >= 0.6 is 15.9 Å². The summed E-state index contributed by atoms with van der Waals surface area (Å²) in [5.74, 6) is 1.42. The summed E-state index contributed by atoms with van der Waals surface area (Å²) >= 11 is 3.43. The topological polar surface area (TPSA) is 56.7 Å². The van der Waals surface area contributed by atoms with E-state index in [1.165, 1.54) is 32.1 Å². The number of nitrogens with zero attached hydrogens (tertiary/aromatic N) is 3. The van der Waals surface area contributed by atoms with Crippen molar-refractivity contribution in [2.45, 2.75) is 45.1 Å². The second-order valence-electron chi connectivity index (χ2n) is 5.60. The zero-order valence-corrected chi connectivity index (χ0v) is 12.7. The van der Waals surface area contributed by atoms with Gasteiger partial charge in [0.15, 0.2) is 5.65 Å². The second-order valence-corrected chi connectivity index (χ2v) is 6.52. The van der Waals surface area contributed by atoms with Crippen molar-refractivity contribution in [3.8, 4) is 0 Å². The third-order valence-corrected chi connectivity index (χ3v) is 4.55. The average molecular weight is 323 g/mol. The molecule has 0 amide bonds. The van der Waals surface area contributed by atoms with E-state index in [4.69, 9.17) is 5.73 Å². The number of anilines is 1. The molecule has 1 saturated carbocycles. The fourth-order valence-electron chi connectivity index (χ4n) is 3.06. The molecule has 1 aliphatic rings. The smallest absolute Gasteiger partial charge is 0.202 e. The van der Waals surface area contributed by atoms with E-state index < -0.39 is 0 Å². The highest BCUT2D eigenvalue weighted by Gasteiger charge is 2.22. The molecule has 0 aromatic carbocycles. The van der Waals surface area contributed by atoms with Crippen LogP contribution in [0, 0.1) is 5.92 Å². The molecule has 1 aliphatic carbocycles. The molecule has 2 atom stereocenters. The van der Waals surface area contributed by atoms with Crippen LogP contribution in [0.15, 0.2) is 16.7 Å². The molecule has 2 N–H and O–H groups in total. The van der Waals surface area contributed by atoms with Crippen LogP contribution in [0.25, 0.3) is 11.2 Å². The monoisotopic (exact) mass is 322 g/mol. The fourth-order valence-corrected chi connectivity index (χ4v) is 3.38. The summed E-state index contributed by atoms with van der Waals surface area (Å²) in [5.41, 5.74) is 7.91. The molecule has 2 heterocycles. The Morgan fingerprint density at radius 2 is 2.16 bits per heavy atom. The van der Waals surface area contributed by atoms with Crippen LogP contribution in [0.4, 0.5) is 5.95 Å². The number of rotatable bonds is 1. The molecule has 0 saturated heterocycles. The van der Waals surface area contributed by atoms with E-state index in [2.05, 4.69) is 37.4 Å². The molecule has 2 aromatic rings. The summed E-state index contributed by atoms with van der Waals surface area (Å²) in [5, 5.41) is 0. The highest BCUT2D eigenvalue weighted by molar-refractivity contribution is 9.10. The molecule has 3 rings (SSSR count). The van der Waals surface area contributed by atoms with Gasteiger partial charge in [-0.05, 0) is 47.2 Å². The highest BCUT2D eigenvalue weighted by atomic mass is 79.9. The number of imidazole rings is 1.